The Balaban J connectivity index is 1.38. The number of hydrogen-bond acceptors (Lipinski definition) is 5. The van der Waals surface area contributed by atoms with Gasteiger partial charge in [0.05, 0.1) is 4.91 Å². The minimum absolute atomic E-state index is 0.0488. The number of halogens is 1. The summed E-state index contributed by atoms with van der Waals surface area (Å²) in [6.45, 7) is 0.554. The molecular weight excluding hydrogens is 415 g/mol. The minimum Gasteiger partial charge on any atom is -0.326 e. The van der Waals surface area contributed by atoms with Crippen molar-refractivity contribution in [1.82, 2.24) is 4.90 Å². The molecule has 1 aromatic carbocycles. The van der Waals surface area contributed by atoms with Crippen LogP contribution in [-0.4, -0.2) is 27.6 Å². The lowest BCUT2D eigenvalue weighted by atomic mass is 10.1. The highest BCUT2D eigenvalue weighted by Gasteiger charge is 2.31. The van der Waals surface area contributed by atoms with Gasteiger partial charge in [-0.1, -0.05) is 42.5 Å². The summed E-state index contributed by atoms with van der Waals surface area (Å²) in [4.78, 5) is 27.7. The molecule has 0 bridgehead atoms. The van der Waals surface area contributed by atoms with Crippen LogP contribution in [0.4, 0.5) is 10.1 Å². The summed E-state index contributed by atoms with van der Waals surface area (Å²) in [5.74, 6) is -0.572. The first-order chi connectivity index (χ1) is 13.5. The summed E-state index contributed by atoms with van der Waals surface area (Å²) in [6.07, 6.45) is 4.50. The summed E-state index contributed by atoms with van der Waals surface area (Å²) in [7, 11) is 0. The third-order valence-corrected chi connectivity index (χ3v) is 6.28. The fourth-order valence-electron chi connectivity index (χ4n) is 2.72. The molecule has 1 aromatic heterocycles. The van der Waals surface area contributed by atoms with Crippen LogP contribution in [-0.2, 0) is 9.59 Å². The SMILES string of the molecule is O=C(CCCCCN1C(=O)/C(=C/c2cccs2)SC1=S)Nc1cccc(F)c1. The van der Waals surface area contributed by atoms with Crippen LogP contribution in [0, 0.1) is 5.82 Å². The molecule has 4 nitrogen and oxygen atoms in total. The molecule has 2 amide bonds. The fourth-order valence-corrected chi connectivity index (χ4v) is 4.75. The van der Waals surface area contributed by atoms with Crippen LogP contribution in [0.15, 0.2) is 46.7 Å². The number of thioether (sulfide) groups is 1. The highest BCUT2D eigenvalue weighted by atomic mass is 32.2. The van der Waals surface area contributed by atoms with Crippen molar-refractivity contribution >= 4 is 63.2 Å². The van der Waals surface area contributed by atoms with Crippen LogP contribution in [0.3, 0.4) is 0 Å². The van der Waals surface area contributed by atoms with Gasteiger partial charge < -0.3 is 5.32 Å². The Labute approximate surface area is 176 Å². The number of carbonyl (C=O) groups excluding carboxylic acids is 2. The van der Waals surface area contributed by atoms with E-state index in [-0.39, 0.29) is 17.6 Å². The van der Waals surface area contributed by atoms with E-state index in [9.17, 15) is 14.0 Å². The normalized spacial score (nSPS) is 15.5. The second kappa shape index (κ2) is 9.95. The first kappa shape index (κ1) is 20.7. The molecule has 0 spiro atoms. The lowest BCUT2D eigenvalue weighted by Crippen LogP contribution is -2.29. The zero-order valence-electron chi connectivity index (χ0n) is 15.0. The molecule has 3 rings (SSSR count). The van der Waals surface area contributed by atoms with Crippen LogP contribution in [0.5, 0.6) is 0 Å². The minimum atomic E-state index is -0.380. The Morgan fingerprint density at radius 2 is 2.07 bits per heavy atom. The number of carbonyl (C=O) groups is 2. The molecule has 0 radical (unpaired) electrons. The standard InChI is InChI=1S/C20H19FN2O2S3/c21-14-6-4-7-15(12-14)22-18(24)9-2-1-3-10-23-19(25)17(28-20(23)26)13-16-8-5-11-27-16/h4-8,11-13H,1-3,9-10H2,(H,22,24)/b17-13-. The Kier molecular flexibility index (Phi) is 7.36. The highest BCUT2D eigenvalue weighted by molar-refractivity contribution is 8.26. The quantitative estimate of drug-likeness (QED) is 0.349. The number of nitrogens with one attached hydrogen (secondary N) is 1. The lowest BCUT2D eigenvalue weighted by molar-refractivity contribution is -0.122. The lowest BCUT2D eigenvalue weighted by Gasteiger charge is -2.14. The summed E-state index contributed by atoms with van der Waals surface area (Å²) < 4.78 is 13.7. The number of unbranched alkanes of at least 4 members (excludes halogenated alkanes) is 2. The third kappa shape index (κ3) is 5.73. The van der Waals surface area contributed by atoms with E-state index in [4.69, 9.17) is 12.2 Å². The first-order valence-electron chi connectivity index (χ1n) is 8.87. The zero-order chi connectivity index (χ0) is 19.9. The molecule has 0 saturated carbocycles. The van der Waals surface area contributed by atoms with Crippen molar-refractivity contribution in [3.8, 4) is 0 Å². The average molecular weight is 435 g/mol. The molecule has 0 unspecified atom stereocenters. The van der Waals surface area contributed by atoms with Gasteiger partial charge in [-0.2, -0.15) is 0 Å². The predicted octanol–water partition coefficient (Wildman–Crippen LogP) is 5.29. The van der Waals surface area contributed by atoms with Crippen LogP contribution in [0.1, 0.15) is 30.6 Å². The van der Waals surface area contributed by atoms with Crippen LogP contribution < -0.4 is 5.32 Å². The molecule has 1 saturated heterocycles. The summed E-state index contributed by atoms with van der Waals surface area (Å²) in [6, 6.07) is 9.74. The van der Waals surface area contributed by atoms with E-state index in [2.05, 4.69) is 5.32 Å². The smallest absolute Gasteiger partial charge is 0.266 e. The van der Waals surface area contributed by atoms with Crippen molar-refractivity contribution < 1.29 is 14.0 Å². The maximum atomic E-state index is 13.1. The first-order valence-corrected chi connectivity index (χ1v) is 11.0. The zero-order valence-corrected chi connectivity index (χ0v) is 17.5. The molecule has 0 aliphatic carbocycles. The number of benzene rings is 1. The highest BCUT2D eigenvalue weighted by Crippen LogP contribution is 2.33. The van der Waals surface area contributed by atoms with E-state index in [1.165, 1.54) is 23.9 Å². The van der Waals surface area contributed by atoms with E-state index in [1.807, 2.05) is 23.6 Å². The Hall–Kier alpha value is -2.03. The van der Waals surface area contributed by atoms with Gasteiger partial charge in [-0.3, -0.25) is 14.5 Å². The molecule has 8 heteroatoms. The van der Waals surface area contributed by atoms with Gasteiger partial charge in [-0.15, -0.1) is 11.3 Å². The number of thiocarbonyl (C=S) groups is 1. The second-order valence-electron chi connectivity index (χ2n) is 6.22. The molecule has 146 valence electrons. The van der Waals surface area contributed by atoms with Crippen molar-refractivity contribution in [2.24, 2.45) is 0 Å². The van der Waals surface area contributed by atoms with Gasteiger partial charge in [0.15, 0.2) is 0 Å². The van der Waals surface area contributed by atoms with Gasteiger partial charge in [-0.25, -0.2) is 4.39 Å². The third-order valence-electron chi connectivity index (χ3n) is 4.08. The maximum absolute atomic E-state index is 13.1. The van der Waals surface area contributed by atoms with Gasteiger partial charge in [0.2, 0.25) is 5.91 Å². The van der Waals surface area contributed by atoms with Crippen molar-refractivity contribution in [2.75, 3.05) is 11.9 Å². The van der Waals surface area contributed by atoms with Crippen molar-refractivity contribution in [1.29, 1.82) is 0 Å². The second-order valence-corrected chi connectivity index (χ2v) is 8.87. The Morgan fingerprint density at radius 1 is 1.21 bits per heavy atom. The Bertz CT molecular complexity index is 897. The number of amides is 2. The van der Waals surface area contributed by atoms with Crippen LogP contribution >= 0.6 is 35.3 Å². The largest absolute Gasteiger partial charge is 0.326 e. The van der Waals surface area contributed by atoms with E-state index >= 15 is 0 Å². The topological polar surface area (TPSA) is 49.4 Å². The molecule has 1 fully saturated rings. The Morgan fingerprint density at radius 3 is 2.82 bits per heavy atom. The molecule has 28 heavy (non-hydrogen) atoms. The molecule has 2 heterocycles. The average Bonchev–Trinajstić information content (AvgIpc) is 3.25. The molecule has 2 aromatic rings. The molecule has 1 aliphatic rings. The number of thiophene rings is 1. The number of anilines is 1. The molecule has 0 atom stereocenters. The fraction of sp³-hybridized carbons (Fsp3) is 0.250. The maximum Gasteiger partial charge on any atom is 0.266 e. The van der Waals surface area contributed by atoms with E-state index in [0.29, 0.717) is 34.3 Å². The molecular formula is C20H19FN2O2S3. The van der Waals surface area contributed by atoms with E-state index < -0.39 is 0 Å². The molecule has 1 N–H and O–H groups in total. The summed E-state index contributed by atoms with van der Waals surface area (Å²) in [5, 5.41) is 4.65. The van der Waals surface area contributed by atoms with E-state index in [0.717, 1.165) is 17.7 Å². The summed E-state index contributed by atoms with van der Waals surface area (Å²) >= 11 is 8.24. The van der Waals surface area contributed by atoms with Crippen molar-refractivity contribution in [3.05, 3.63) is 57.4 Å². The van der Waals surface area contributed by atoms with Crippen molar-refractivity contribution in [3.63, 3.8) is 0 Å². The monoisotopic (exact) mass is 434 g/mol. The molecule has 1 aliphatic heterocycles. The van der Waals surface area contributed by atoms with Gasteiger partial charge in [-0.05, 0) is 48.6 Å². The van der Waals surface area contributed by atoms with Gasteiger partial charge >= 0.3 is 0 Å². The number of hydrogen-bond donors (Lipinski definition) is 1. The van der Waals surface area contributed by atoms with Gasteiger partial charge in [0.25, 0.3) is 5.91 Å². The van der Waals surface area contributed by atoms with Crippen LogP contribution in [0.2, 0.25) is 0 Å². The predicted molar refractivity (Wildman–Crippen MR) is 118 cm³/mol. The van der Waals surface area contributed by atoms with Gasteiger partial charge in [0.1, 0.15) is 10.1 Å². The van der Waals surface area contributed by atoms with E-state index in [1.54, 1.807) is 28.4 Å². The summed E-state index contributed by atoms with van der Waals surface area (Å²) in [5.41, 5.74) is 0.458. The van der Waals surface area contributed by atoms with Crippen LogP contribution in [0.25, 0.3) is 6.08 Å². The van der Waals surface area contributed by atoms with Crippen molar-refractivity contribution in [2.45, 2.75) is 25.7 Å². The number of nitrogens with zero attached hydrogens (tertiary/aromatic N) is 1. The number of rotatable bonds is 8. The van der Waals surface area contributed by atoms with Gasteiger partial charge in [0, 0.05) is 23.5 Å².